The number of hydrogen-bond acceptors (Lipinski definition) is 4. The molecule has 0 atom stereocenters. The van der Waals surface area contributed by atoms with Gasteiger partial charge < -0.3 is 9.47 Å². The molecule has 0 aliphatic rings. The van der Waals surface area contributed by atoms with E-state index in [4.69, 9.17) is 9.47 Å². The lowest BCUT2D eigenvalue weighted by atomic mass is 10.2. The van der Waals surface area contributed by atoms with E-state index in [1.807, 2.05) is 21.6 Å². The van der Waals surface area contributed by atoms with Crippen LogP contribution in [0.1, 0.15) is 27.7 Å². The van der Waals surface area contributed by atoms with Gasteiger partial charge in [-0.1, -0.05) is 53.4 Å². The Morgan fingerprint density at radius 2 is 1.11 bits per heavy atom. The molecule has 0 N–H and O–H groups in total. The quantitative estimate of drug-likeness (QED) is 0.271. The molecule has 0 aromatic heterocycles. The van der Waals surface area contributed by atoms with Crippen LogP contribution in [0.15, 0.2) is 0 Å². The third-order valence-electron chi connectivity index (χ3n) is 1.60. The number of ether oxygens (including phenoxy) is 2. The highest BCUT2D eigenvalue weighted by Gasteiger charge is 2.12. The van der Waals surface area contributed by atoms with Crippen molar-refractivity contribution in [3.8, 4) is 0 Å². The van der Waals surface area contributed by atoms with Crippen molar-refractivity contribution in [2.45, 2.75) is 36.3 Å². The first kappa shape index (κ1) is 19.6. The van der Waals surface area contributed by atoms with Crippen molar-refractivity contribution in [3.63, 3.8) is 0 Å². The smallest absolute Gasteiger partial charge is 0.0614 e. The first-order chi connectivity index (χ1) is 8.21. The van der Waals surface area contributed by atoms with Gasteiger partial charge in [-0.25, -0.2) is 0 Å². The second-order valence-electron chi connectivity index (χ2n) is 5.19. The summed E-state index contributed by atoms with van der Waals surface area (Å²) in [5, 5.41) is 0. The van der Waals surface area contributed by atoms with Gasteiger partial charge in [0.2, 0.25) is 0 Å². The van der Waals surface area contributed by atoms with E-state index in [9.17, 15) is 0 Å². The Morgan fingerprint density at radius 3 is 1.39 bits per heavy atom. The summed E-state index contributed by atoms with van der Waals surface area (Å²) in [5.74, 6) is 2.05. The number of alkyl halides is 2. The van der Waals surface area contributed by atoms with E-state index in [-0.39, 0.29) is 8.65 Å². The molecule has 18 heavy (non-hydrogen) atoms. The molecule has 0 fully saturated rings. The van der Waals surface area contributed by atoms with Crippen LogP contribution in [0.4, 0.5) is 0 Å². The van der Waals surface area contributed by atoms with E-state index in [2.05, 4.69) is 59.6 Å². The van der Waals surface area contributed by atoms with Gasteiger partial charge in [0.05, 0.1) is 26.4 Å². The minimum atomic E-state index is 0.0845. The zero-order valence-corrected chi connectivity index (χ0v) is 16.4. The van der Waals surface area contributed by atoms with Gasteiger partial charge in [0.1, 0.15) is 0 Å². The van der Waals surface area contributed by atoms with Crippen molar-refractivity contribution in [1.29, 1.82) is 0 Å². The predicted octanol–water partition coefficient (Wildman–Crippen LogP) is 4.75. The van der Waals surface area contributed by atoms with E-state index in [1.54, 1.807) is 0 Å². The molecule has 110 valence electrons. The molecule has 0 aliphatic carbocycles. The van der Waals surface area contributed by atoms with E-state index in [0.717, 1.165) is 37.9 Å². The minimum Gasteiger partial charge on any atom is -0.379 e. The maximum atomic E-state index is 5.55. The lowest BCUT2D eigenvalue weighted by molar-refractivity contribution is 0.135. The number of halogens is 2. The number of hydrogen-bond donors (Lipinski definition) is 0. The topological polar surface area (TPSA) is 18.5 Å². The minimum absolute atomic E-state index is 0.0845. The van der Waals surface area contributed by atoms with E-state index < -0.39 is 0 Å². The highest BCUT2D eigenvalue weighted by Crippen LogP contribution is 2.22. The predicted molar refractivity (Wildman–Crippen MR) is 92.6 cm³/mol. The van der Waals surface area contributed by atoms with Crippen LogP contribution in [0, 0.1) is 0 Å². The van der Waals surface area contributed by atoms with Crippen LogP contribution in [0.3, 0.4) is 0 Å². The highest BCUT2D eigenvalue weighted by atomic mass is 79.9. The summed E-state index contributed by atoms with van der Waals surface area (Å²) in [6, 6.07) is 0. The summed E-state index contributed by atoms with van der Waals surface area (Å²) < 4.78 is 11.3. The maximum absolute atomic E-state index is 5.55. The third kappa shape index (κ3) is 17.6. The van der Waals surface area contributed by atoms with Crippen LogP contribution in [0.2, 0.25) is 0 Å². The van der Waals surface area contributed by atoms with Gasteiger partial charge >= 0.3 is 0 Å². The van der Waals surface area contributed by atoms with Crippen molar-refractivity contribution in [2.24, 2.45) is 0 Å². The summed E-state index contributed by atoms with van der Waals surface area (Å²) in [5.41, 5.74) is 0. The lowest BCUT2D eigenvalue weighted by Gasteiger charge is -2.16. The average Bonchev–Trinajstić information content (AvgIpc) is 2.17. The highest BCUT2D eigenvalue weighted by molar-refractivity contribution is 9.10. The maximum Gasteiger partial charge on any atom is 0.0614 e. The molecule has 0 unspecified atom stereocenters. The molecule has 0 bridgehead atoms. The van der Waals surface area contributed by atoms with Crippen LogP contribution < -0.4 is 0 Å². The standard InChI is InChI=1S/C12H24Br2O2S2/c1-11(2,13)9-15-5-7-17-18-8-6-16-10-12(3,4)14/h5-10H2,1-4H3. The third-order valence-corrected chi connectivity index (χ3v) is 4.39. The SMILES string of the molecule is CC(C)(Br)COCCSSCCOCC(C)(C)Br. The van der Waals surface area contributed by atoms with Gasteiger partial charge in [-0.2, -0.15) is 0 Å². The molecule has 2 nitrogen and oxygen atoms in total. The van der Waals surface area contributed by atoms with Gasteiger partial charge in [-0.3, -0.25) is 0 Å². The molecule has 0 aliphatic heterocycles. The second kappa shape index (κ2) is 10.3. The molecule has 6 heteroatoms. The zero-order valence-electron chi connectivity index (χ0n) is 11.6. The molecule has 0 spiro atoms. The van der Waals surface area contributed by atoms with Crippen LogP contribution in [-0.2, 0) is 9.47 Å². The van der Waals surface area contributed by atoms with Gasteiger partial charge in [-0.15, -0.1) is 0 Å². The average molecular weight is 424 g/mol. The van der Waals surface area contributed by atoms with Gasteiger partial charge in [0, 0.05) is 20.2 Å². The lowest BCUT2D eigenvalue weighted by Crippen LogP contribution is -2.19. The van der Waals surface area contributed by atoms with Gasteiger partial charge in [-0.05, 0) is 27.7 Å². The Morgan fingerprint density at radius 1 is 0.778 bits per heavy atom. The molecule has 0 saturated heterocycles. The molecular weight excluding hydrogens is 400 g/mol. The van der Waals surface area contributed by atoms with Crippen molar-refractivity contribution >= 4 is 53.4 Å². The fraction of sp³-hybridized carbons (Fsp3) is 1.00. The van der Waals surface area contributed by atoms with Crippen LogP contribution >= 0.6 is 53.4 Å². The monoisotopic (exact) mass is 422 g/mol. The van der Waals surface area contributed by atoms with Crippen molar-refractivity contribution < 1.29 is 9.47 Å². The summed E-state index contributed by atoms with van der Waals surface area (Å²) in [6.07, 6.45) is 0. The Hall–Kier alpha value is 1.58. The molecule has 0 amide bonds. The first-order valence-electron chi connectivity index (χ1n) is 5.98. The molecule has 0 aromatic rings. The Bertz CT molecular complexity index is 181. The number of rotatable bonds is 11. The second-order valence-corrected chi connectivity index (χ2v) is 12.2. The molecule has 0 rings (SSSR count). The first-order valence-corrected chi connectivity index (χ1v) is 10.1. The van der Waals surface area contributed by atoms with E-state index in [0.29, 0.717) is 0 Å². The summed E-state index contributed by atoms with van der Waals surface area (Å²) in [4.78, 5) is 0. The normalized spacial score (nSPS) is 13.0. The largest absolute Gasteiger partial charge is 0.379 e. The fourth-order valence-electron chi connectivity index (χ4n) is 0.933. The van der Waals surface area contributed by atoms with E-state index in [1.165, 1.54) is 0 Å². The van der Waals surface area contributed by atoms with Crippen LogP contribution in [0.5, 0.6) is 0 Å². The molecule has 0 saturated carbocycles. The van der Waals surface area contributed by atoms with Gasteiger partial charge in [0.25, 0.3) is 0 Å². The Balaban J connectivity index is 3.13. The summed E-state index contributed by atoms with van der Waals surface area (Å²) in [7, 11) is 3.69. The summed E-state index contributed by atoms with van der Waals surface area (Å²) >= 11 is 7.10. The molecule has 0 heterocycles. The van der Waals surface area contributed by atoms with Gasteiger partial charge in [0.15, 0.2) is 0 Å². The van der Waals surface area contributed by atoms with Crippen molar-refractivity contribution in [2.75, 3.05) is 37.9 Å². The molecular formula is C12H24Br2O2S2. The van der Waals surface area contributed by atoms with E-state index >= 15 is 0 Å². The van der Waals surface area contributed by atoms with Crippen molar-refractivity contribution in [1.82, 2.24) is 0 Å². The Labute approximate surface area is 136 Å². The van der Waals surface area contributed by atoms with Crippen molar-refractivity contribution in [3.05, 3.63) is 0 Å². The fourth-order valence-corrected chi connectivity index (χ4v) is 2.98. The Kier molecular flexibility index (Phi) is 11.2. The summed E-state index contributed by atoms with van der Waals surface area (Å²) in [6.45, 7) is 11.6. The zero-order chi connectivity index (χ0) is 14.1. The van der Waals surface area contributed by atoms with Crippen LogP contribution in [-0.4, -0.2) is 46.6 Å². The molecule has 0 aromatic carbocycles. The van der Waals surface area contributed by atoms with Crippen LogP contribution in [0.25, 0.3) is 0 Å². The molecule has 0 radical (unpaired) electrons.